The average Bonchev–Trinajstić information content (AvgIpc) is 3.14. The molecule has 3 aliphatic rings. The highest BCUT2D eigenvalue weighted by Crippen LogP contribution is 2.49. The number of pyridine rings is 1. The molecule has 4 rings (SSSR count). The summed E-state index contributed by atoms with van der Waals surface area (Å²) in [5, 5.41) is 0. The number of hydrogen-bond donors (Lipinski definition) is 0. The van der Waals surface area contributed by atoms with E-state index in [-0.39, 0.29) is 0 Å². The van der Waals surface area contributed by atoms with Gasteiger partial charge in [-0.1, -0.05) is 6.42 Å². The maximum atomic E-state index is 6.16. The van der Waals surface area contributed by atoms with Crippen LogP contribution >= 0.6 is 0 Å². The van der Waals surface area contributed by atoms with E-state index in [1.165, 1.54) is 50.8 Å². The third kappa shape index (κ3) is 3.30. The fourth-order valence-electron chi connectivity index (χ4n) is 4.87. The Morgan fingerprint density at radius 2 is 2.04 bits per heavy atom. The van der Waals surface area contributed by atoms with Gasteiger partial charge in [-0.05, 0) is 49.3 Å². The second-order valence-electron chi connectivity index (χ2n) is 7.57. The quantitative estimate of drug-likeness (QED) is 0.836. The summed E-state index contributed by atoms with van der Waals surface area (Å²) in [6, 6.07) is 4.84. The van der Waals surface area contributed by atoms with E-state index in [9.17, 15) is 0 Å². The minimum atomic E-state index is 0.408. The molecule has 0 bridgehead atoms. The van der Waals surface area contributed by atoms with Gasteiger partial charge < -0.3 is 9.47 Å². The summed E-state index contributed by atoms with van der Waals surface area (Å²) in [5.74, 6) is 0.836. The first-order valence-electron chi connectivity index (χ1n) is 9.14. The zero-order valence-electron chi connectivity index (χ0n) is 14.0. The Balaban J connectivity index is 1.35. The highest BCUT2D eigenvalue weighted by atomic mass is 16.5. The minimum absolute atomic E-state index is 0.408. The first kappa shape index (κ1) is 15.6. The van der Waals surface area contributed by atoms with E-state index in [0.717, 1.165) is 31.8 Å². The summed E-state index contributed by atoms with van der Waals surface area (Å²) in [6.07, 6.45) is 10.2. The van der Waals surface area contributed by atoms with Crippen molar-refractivity contribution in [3.63, 3.8) is 0 Å². The Labute approximate surface area is 139 Å². The van der Waals surface area contributed by atoms with Crippen molar-refractivity contribution in [2.45, 2.75) is 44.8 Å². The van der Waals surface area contributed by atoms with Gasteiger partial charge in [-0.3, -0.25) is 9.88 Å². The molecule has 4 heteroatoms. The van der Waals surface area contributed by atoms with Crippen molar-refractivity contribution < 1.29 is 9.47 Å². The first-order valence-corrected chi connectivity index (χ1v) is 9.14. The SMILES string of the molecule is c1cc(COC[C@@]23CCC[C@@H]2CN(C2CCOCC2)C3)ccn1. The van der Waals surface area contributed by atoms with Crippen LogP contribution in [0.4, 0.5) is 0 Å². The smallest absolute Gasteiger partial charge is 0.0718 e. The van der Waals surface area contributed by atoms with Crippen LogP contribution in [-0.4, -0.2) is 48.8 Å². The van der Waals surface area contributed by atoms with E-state index in [1.54, 1.807) is 0 Å². The third-order valence-electron chi connectivity index (χ3n) is 6.18. The fourth-order valence-corrected chi connectivity index (χ4v) is 4.87. The summed E-state index contributed by atoms with van der Waals surface area (Å²) < 4.78 is 11.7. The lowest BCUT2D eigenvalue weighted by molar-refractivity contribution is 0.0139. The van der Waals surface area contributed by atoms with Crippen molar-refractivity contribution in [3.8, 4) is 0 Å². The Morgan fingerprint density at radius 1 is 1.22 bits per heavy atom. The van der Waals surface area contributed by atoms with Crippen LogP contribution in [0.3, 0.4) is 0 Å². The molecule has 1 saturated carbocycles. The van der Waals surface area contributed by atoms with Crippen LogP contribution in [0.25, 0.3) is 0 Å². The van der Waals surface area contributed by atoms with Gasteiger partial charge in [0, 0.05) is 50.2 Å². The van der Waals surface area contributed by atoms with Crippen molar-refractivity contribution in [1.82, 2.24) is 9.88 Å². The Bertz CT molecular complexity index is 503. The van der Waals surface area contributed by atoms with E-state index in [2.05, 4.69) is 9.88 Å². The second-order valence-corrected chi connectivity index (χ2v) is 7.57. The van der Waals surface area contributed by atoms with Crippen LogP contribution in [0, 0.1) is 11.3 Å². The fraction of sp³-hybridized carbons (Fsp3) is 0.737. The van der Waals surface area contributed by atoms with Crippen molar-refractivity contribution >= 4 is 0 Å². The van der Waals surface area contributed by atoms with Crippen LogP contribution < -0.4 is 0 Å². The molecule has 2 atom stereocenters. The molecule has 2 saturated heterocycles. The molecule has 1 aromatic rings. The number of ether oxygens (including phenoxy) is 2. The van der Waals surface area contributed by atoms with E-state index >= 15 is 0 Å². The van der Waals surface area contributed by atoms with E-state index in [1.807, 2.05) is 24.5 Å². The molecule has 3 heterocycles. The van der Waals surface area contributed by atoms with Gasteiger partial charge in [0.1, 0.15) is 0 Å². The summed E-state index contributed by atoms with van der Waals surface area (Å²) in [7, 11) is 0. The predicted octanol–water partition coefficient (Wildman–Crippen LogP) is 2.88. The van der Waals surface area contributed by atoms with Crippen LogP contribution in [0.15, 0.2) is 24.5 Å². The lowest BCUT2D eigenvalue weighted by Crippen LogP contribution is -2.40. The van der Waals surface area contributed by atoms with Gasteiger partial charge in [-0.2, -0.15) is 0 Å². The molecule has 0 N–H and O–H groups in total. The second kappa shape index (κ2) is 6.88. The lowest BCUT2D eigenvalue weighted by atomic mass is 9.81. The molecule has 126 valence electrons. The Morgan fingerprint density at radius 3 is 2.87 bits per heavy atom. The minimum Gasteiger partial charge on any atom is -0.381 e. The van der Waals surface area contributed by atoms with Crippen molar-refractivity contribution in [2.24, 2.45) is 11.3 Å². The van der Waals surface area contributed by atoms with Gasteiger partial charge in [0.2, 0.25) is 0 Å². The number of nitrogens with zero attached hydrogens (tertiary/aromatic N) is 2. The van der Waals surface area contributed by atoms with Gasteiger partial charge in [0.15, 0.2) is 0 Å². The number of rotatable bonds is 5. The van der Waals surface area contributed by atoms with Crippen LogP contribution in [-0.2, 0) is 16.1 Å². The van der Waals surface area contributed by atoms with Crippen molar-refractivity contribution in [1.29, 1.82) is 0 Å². The first-order chi connectivity index (χ1) is 11.4. The van der Waals surface area contributed by atoms with E-state index in [0.29, 0.717) is 12.0 Å². The van der Waals surface area contributed by atoms with Gasteiger partial charge in [-0.15, -0.1) is 0 Å². The molecule has 1 aromatic heterocycles. The van der Waals surface area contributed by atoms with Crippen LogP contribution in [0.2, 0.25) is 0 Å². The van der Waals surface area contributed by atoms with Crippen LogP contribution in [0.1, 0.15) is 37.7 Å². The molecule has 23 heavy (non-hydrogen) atoms. The monoisotopic (exact) mass is 316 g/mol. The maximum Gasteiger partial charge on any atom is 0.0718 e. The summed E-state index contributed by atoms with van der Waals surface area (Å²) in [5.41, 5.74) is 1.64. The molecule has 0 unspecified atom stereocenters. The molecule has 0 radical (unpaired) electrons. The molecule has 3 fully saturated rings. The zero-order chi connectivity index (χ0) is 15.5. The summed E-state index contributed by atoms with van der Waals surface area (Å²) in [6.45, 7) is 6.03. The van der Waals surface area contributed by atoms with Gasteiger partial charge in [0.05, 0.1) is 13.2 Å². The standard InChI is InChI=1S/C19H28N2O2/c1-2-17-12-21(18-5-10-22-11-6-18)14-19(17,7-1)15-23-13-16-3-8-20-9-4-16/h3-4,8-9,17-18H,1-2,5-7,10-15H2/t17-,19+/m1/s1. The topological polar surface area (TPSA) is 34.6 Å². The molecule has 2 aliphatic heterocycles. The number of fused-ring (bicyclic) bond motifs is 1. The average molecular weight is 316 g/mol. The van der Waals surface area contributed by atoms with E-state index < -0.39 is 0 Å². The highest BCUT2D eigenvalue weighted by molar-refractivity contribution is 5.08. The Kier molecular flexibility index (Phi) is 4.65. The number of likely N-dealkylation sites (tertiary alicyclic amines) is 1. The molecule has 1 aliphatic carbocycles. The number of aromatic nitrogens is 1. The summed E-state index contributed by atoms with van der Waals surface area (Å²) in [4.78, 5) is 6.82. The van der Waals surface area contributed by atoms with Gasteiger partial charge >= 0.3 is 0 Å². The number of hydrogen-bond acceptors (Lipinski definition) is 4. The molecule has 0 amide bonds. The molecule has 0 spiro atoms. The van der Waals surface area contributed by atoms with Gasteiger partial charge in [0.25, 0.3) is 0 Å². The summed E-state index contributed by atoms with van der Waals surface area (Å²) >= 11 is 0. The Hall–Kier alpha value is -0.970. The normalized spacial score (nSPS) is 32.3. The van der Waals surface area contributed by atoms with Crippen molar-refractivity contribution in [2.75, 3.05) is 32.9 Å². The van der Waals surface area contributed by atoms with Gasteiger partial charge in [-0.25, -0.2) is 0 Å². The van der Waals surface area contributed by atoms with Crippen molar-refractivity contribution in [3.05, 3.63) is 30.1 Å². The molecule has 4 nitrogen and oxygen atoms in total. The predicted molar refractivity (Wildman–Crippen MR) is 89.1 cm³/mol. The maximum absolute atomic E-state index is 6.16. The highest BCUT2D eigenvalue weighted by Gasteiger charge is 2.50. The molecular weight excluding hydrogens is 288 g/mol. The largest absolute Gasteiger partial charge is 0.381 e. The molecule has 0 aromatic carbocycles. The molecular formula is C19H28N2O2. The third-order valence-corrected chi connectivity index (χ3v) is 6.18. The van der Waals surface area contributed by atoms with Crippen LogP contribution in [0.5, 0.6) is 0 Å². The lowest BCUT2D eigenvalue weighted by Gasteiger charge is -2.33. The van der Waals surface area contributed by atoms with E-state index in [4.69, 9.17) is 9.47 Å². The zero-order valence-corrected chi connectivity index (χ0v) is 14.0.